The molecule has 0 aliphatic rings. The van der Waals surface area contributed by atoms with E-state index in [-0.39, 0.29) is 0 Å². The number of hydrogen-bond donors (Lipinski definition) is 0. The average Bonchev–Trinajstić information content (AvgIpc) is 3.58. The minimum atomic E-state index is 0.612. The molecule has 4 heteroatoms. The Kier molecular flexibility index (Phi) is 7.10. The molecule has 4 nitrogen and oxygen atoms in total. The smallest absolute Gasteiger partial charge is 0.164 e. The van der Waals surface area contributed by atoms with Crippen LogP contribution >= 0.6 is 0 Å². The van der Waals surface area contributed by atoms with E-state index in [2.05, 4.69) is 140 Å². The first-order chi connectivity index (χ1) is 24.3. The molecule has 0 bridgehead atoms. The second-order valence-corrected chi connectivity index (χ2v) is 12.1. The van der Waals surface area contributed by atoms with E-state index in [0.717, 1.165) is 72.0 Å². The lowest BCUT2D eigenvalue weighted by molar-refractivity contribution is 0.669. The molecule has 2 aromatic heterocycles. The largest absolute Gasteiger partial charge is 0.456 e. The highest BCUT2D eigenvalue weighted by atomic mass is 16.3. The first-order valence-electron chi connectivity index (χ1n) is 16.4. The van der Waals surface area contributed by atoms with Gasteiger partial charge in [0.15, 0.2) is 17.5 Å². The second-order valence-electron chi connectivity index (χ2n) is 12.1. The number of para-hydroxylation sites is 1. The topological polar surface area (TPSA) is 51.8 Å². The van der Waals surface area contributed by atoms with Gasteiger partial charge in [-0.05, 0) is 63.7 Å². The van der Waals surface area contributed by atoms with Gasteiger partial charge in [0.1, 0.15) is 11.2 Å². The molecule has 0 radical (unpaired) electrons. The lowest BCUT2D eigenvalue weighted by Crippen LogP contribution is -2.00. The van der Waals surface area contributed by atoms with Crippen LogP contribution in [0, 0.1) is 0 Å². The zero-order chi connectivity index (χ0) is 32.6. The van der Waals surface area contributed by atoms with Gasteiger partial charge in [-0.2, -0.15) is 0 Å². The molecule has 7 aromatic carbocycles. The fourth-order valence-corrected chi connectivity index (χ4v) is 6.54. The van der Waals surface area contributed by atoms with Gasteiger partial charge in [0, 0.05) is 27.5 Å². The molecule has 0 saturated heterocycles. The molecule has 49 heavy (non-hydrogen) atoms. The van der Waals surface area contributed by atoms with E-state index < -0.39 is 0 Å². The van der Waals surface area contributed by atoms with Gasteiger partial charge in [-0.1, -0.05) is 146 Å². The number of rotatable bonds is 6. The summed E-state index contributed by atoms with van der Waals surface area (Å²) in [6.07, 6.45) is 0. The monoisotopic (exact) mass is 627 g/mol. The van der Waals surface area contributed by atoms with Gasteiger partial charge < -0.3 is 4.42 Å². The van der Waals surface area contributed by atoms with E-state index in [1.165, 1.54) is 0 Å². The van der Waals surface area contributed by atoms with Crippen LogP contribution in [0.25, 0.3) is 89.5 Å². The quantitative estimate of drug-likeness (QED) is 0.184. The van der Waals surface area contributed by atoms with Crippen molar-refractivity contribution in [3.05, 3.63) is 176 Å². The van der Waals surface area contributed by atoms with Crippen LogP contribution in [-0.4, -0.2) is 15.0 Å². The van der Waals surface area contributed by atoms with Crippen LogP contribution in [0.1, 0.15) is 0 Å². The normalized spacial score (nSPS) is 11.3. The zero-order valence-electron chi connectivity index (χ0n) is 26.5. The summed E-state index contributed by atoms with van der Waals surface area (Å²) < 4.78 is 6.21. The predicted octanol–water partition coefficient (Wildman–Crippen LogP) is 11.8. The van der Waals surface area contributed by atoms with Crippen molar-refractivity contribution in [2.24, 2.45) is 0 Å². The van der Waals surface area contributed by atoms with Crippen molar-refractivity contribution in [2.75, 3.05) is 0 Å². The number of benzene rings is 7. The van der Waals surface area contributed by atoms with E-state index >= 15 is 0 Å². The van der Waals surface area contributed by atoms with Gasteiger partial charge in [-0.15, -0.1) is 0 Å². The van der Waals surface area contributed by atoms with Gasteiger partial charge in [0.25, 0.3) is 0 Å². The molecule has 230 valence electrons. The van der Waals surface area contributed by atoms with Crippen LogP contribution < -0.4 is 0 Å². The Morgan fingerprint density at radius 3 is 1.29 bits per heavy atom. The molecular formula is C45H29N3O. The summed E-state index contributed by atoms with van der Waals surface area (Å²) in [4.78, 5) is 15.3. The van der Waals surface area contributed by atoms with Crippen molar-refractivity contribution in [2.45, 2.75) is 0 Å². The Morgan fingerprint density at radius 2 is 0.714 bits per heavy atom. The summed E-state index contributed by atoms with van der Waals surface area (Å²) in [5.41, 5.74) is 11.2. The summed E-state index contributed by atoms with van der Waals surface area (Å²) in [6.45, 7) is 0. The zero-order valence-corrected chi connectivity index (χ0v) is 26.5. The van der Waals surface area contributed by atoms with Crippen LogP contribution in [0.15, 0.2) is 180 Å². The molecule has 0 amide bonds. The number of aromatic nitrogens is 3. The third-order valence-corrected chi connectivity index (χ3v) is 8.93. The molecule has 9 rings (SSSR count). The molecule has 0 unspecified atom stereocenters. The van der Waals surface area contributed by atoms with Crippen molar-refractivity contribution in [1.29, 1.82) is 0 Å². The molecule has 0 saturated carbocycles. The van der Waals surface area contributed by atoms with Crippen LogP contribution in [0.3, 0.4) is 0 Å². The van der Waals surface area contributed by atoms with Gasteiger partial charge >= 0.3 is 0 Å². The average molecular weight is 628 g/mol. The molecule has 0 aliphatic carbocycles. The summed E-state index contributed by atoms with van der Waals surface area (Å²) in [6, 6.07) is 60.4. The van der Waals surface area contributed by atoms with Crippen molar-refractivity contribution < 1.29 is 4.42 Å². The Hall–Kier alpha value is -6.65. The molecule has 0 fully saturated rings. The van der Waals surface area contributed by atoms with Crippen molar-refractivity contribution in [3.63, 3.8) is 0 Å². The van der Waals surface area contributed by atoms with Crippen molar-refractivity contribution >= 4 is 21.9 Å². The Bertz CT molecular complexity index is 2510. The van der Waals surface area contributed by atoms with Crippen molar-refractivity contribution in [3.8, 4) is 67.5 Å². The van der Waals surface area contributed by atoms with Crippen LogP contribution in [0.2, 0.25) is 0 Å². The van der Waals surface area contributed by atoms with Gasteiger partial charge in [-0.25, -0.2) is 15.0 Å². The molecule has 0 aliphatic heterocycles. The van der Waals surface area contributed by atoms with Crippen LogP contribution in [0.5, 0.6) is 0 Å². The highest BCUT2D eigenvalue weighted by molar-refractivity contribution is 6.12. The fourth-order valence-electron chi connectivity index (χ4n) is 6.54. The maximum Gasteiger partial charge on any atom is 0.164 e. The van der Waals surface area contributed by atoms with Crippen LogP contribution in [0.4, 0.5) is 0 Å². The highest BCUT2D eigenvalue weighted by Crippen LogP contribution is 2.38. The Balaban J connectivity index is 1.21. The minimum Gasteiger partial charge on any atom is -0.456 e. The van der Waals surface area contributed by atoms with E-state index in [9.17, 15) is 0 Å². The van der Waals surface area contributed by atoms with E-state index in [4.69, 9.17) is 19.4 Å². The van der Waals surface area contributed by atoms with Gasteiger partial charge in [0.2, 0.25) is 0 Å². The second kappa shape index (κ2) is 12.2. The van der Waals surface area contributed by atoms with Gasteiger partial charge in [0.05, 0.1) is 0 Å². The highest BCUT2D eigenvalue weighted by Gasteiger charge is 2.16. The first kappa shape index (κ1) is 28.6. The summed E-state index contributed by atoms with van der Waals surface area (Å²) in [5, 5.41) is 2.20. The summed E-state index contributed by atoms with van der Waals surface area (Å²) in [7, 11) is 0. The SMILES string of the molecule is c1ccc(-c2cccc(-c3nc(-c4cccc(-c5ccccc5)c4)nc(-c4cccc(-c5cccc6oc7ccccc7c56)c4)n3)c2)cc1. The number of furan rings is 1. The van der Waals surface area contributed by atoms with E-state index in [1.807, 2.05) is 36.4 Å². The Labute approximate surface area is 284 Å². The summed E-state index contributed by atoms with van der Waals surface area (Å²) >= 11 is 0. The third-order valence-electron chi connectivity index (χ3n) is 8.93. The maximum absolute atomic E-state index is 6.21. The molecule has 2 heterocycles. The van der Waals surface area contributed by atoms with Crippen LogP contribution in [-0.2, 0) is 0 Å². The number of hydrogen-bond acceptors (Lipinski definition) is 4. The lowest BCUT2D eigenvalue weighted by atomic mass is 9.97. The summed E-state index contributed by atoms with van der Waals surface area (Å²) in [5.74, 6) is 1.86. The van der Waals surface area contributed by atoms with Crippen molar-refractivity contribution in [1.82, 2.24) is 15.0 Å². The standard InChI is InChI=1S/C45H29N3O/c1-3-13-30(14-4-1)32-17-9-20-35(27-32)43-46-44(36-21-10-18-33(28-36)31-15-5-2-6-16-31)48-45(47-43)37-22-11-19-34(29-37)38-24-12-26-41-42(38)39-23-7-8-25-40(39)49-41/h1-29H. The van der Waals surface area contributed by atoms with Gasteiger partial charge in [-0.3, -0.25) is 0 Å². The molecule has 0 atom stereocenters. The first-order valence-corrected chi connectivity index (χ1v) is 16.4. The predicted molar refractivity (Wildman–Crippen MR) is 200 cm³/mol. The Morgan fingerprint density at radius 1 is 0.306 bits per heavy atom. The molecule has 9 aromatic rings. The number of nitrogens with zero attached hydrogens (tertiary/aromatic N) is 3. The minimum absolute atomic E-state index is 0.612. The number of fused-ring (bicyclic) bond motifs is 3. The van der Waals surface area contributed by atoms with E-state index in [1.54, 1.807) is 0 Å². The maximum atomic E-state index is 6.21. The fraction of sp³-hybridized carbons (Fsp3) is 0. The lowest BCUT2D eigenvalue weighted by Gasteiger charge is -2.11. The molecule has 0 spiro atoms. The molecular weight excluding hydrogens is 599 g/mol. The molecule has 0 N–H and O–H groups in total. The third kappa shape index (κ3) is 5.45. The van der Waals surface area contributed by atoms with E-state index in [0.29, 0.717) is 17.5 Å².